The lowest BCUT2D eigenvalue weighted by molar-refractivity contribution is 0.349. The third-order valence-electron chi connectivity index (χ3n) is 2.55. The zero-order valence-corrected chi connectivity index (χ0v) is 12.6. The van der Waals surface area contributed by atoms with Crippen molar-refractivity contribution in [2.75, 3.05) is 6.61 Å². The quantitative estimate of drug-likeness (QED) is 0.609. The molecule has 104 valence electrons. The van der Waals surface area contributed by atoms with Gasteiger partial charge in [-0.3, -0.25) is 4.57 Å². The number of benzene rings is 2. The summed E-state index contributed by atoms with van der Waals surface area (Å²) in [6.45, 7) is 2.09. The second-order valence-electron chi connectivity index (χ2n) is 4.17. The predicted octanol–water partition coefficient (Wildman–Crippen LogP) is 4.32. The van der Waals surface area contributed by atoms with Crippen LogP contribution in [0, 0.1) is 23.2 Å². The van der Waals surface area contributed by atoms with Crippen LogP contribution in [0.3, 0.4) is 0 Å². The van der Waals surface area contributed by atoms with Crippen molar-refractivity contribution in [3.05, 3.63) is 71.8 Å². The molecule has 2 aromatic rings. The Morgan fingerprint density at radius 3 is 1.67 bits per heavy atom. The molecule has 0 spiro atoms. The summed E-state index contributed by atoms with van der Waals surface area (Å²) in [5.41, 5.74) is 6.97. The summed E-state index contributed by atoms with van der Waals surface area (Å²) in [7, 11) is -3.27. The Kier molecular flexibility index (Phi) is 5.42. The van der Waals surface area contributed by atoms with E-state index in [4.69, 9.17) is 4.52 Å². The first-order valence-corrected chi connectivity index (χ1v) is 8.25. The highest BCUT2D eigenvalue weighted by molar-refractivity contribution is 7.69. The van der Waals surface area contributed by atoms with Crippen LogP contribution >= 0.6 is 7.37 Å². The molecule has 0 aliphatic heterocycles. The fourth-order valence-electron chi connectivity index (χ4n) is 1.59. The van der Waals surface area contributed by atoms with Gasteiger partial charge in [-0.15, -0.1) is 0 Å². The Morgan fingerprint density at radius 2 is 1.29 bits per heavy atom. The molecular formula is C18H15O2P. The topological polar surface area (TPSA) is 26.3 Å². The third-order valence-corrected chi connectivity index (χ3v) is 3.99. The van der Waals surface area contributed by atoms with Crippen molar-refractivity contribution in [3.63, 3.8) is 0 Å². The van der Waals surface area contributed by atoms with Gasteiger partial charge in [-0.1, -0.05) is 48.2 Å². The van der Waals surface area contributed by atoms with Crippen LogP contribution < -0.4 is 0 Å². The average molecular weight is 294 g/mol. The lowest BCUT2D eigenvalue weighted by atomic mass is 10.2. The fourth-order valence-corrected chi connectivity index (χ4v) is 2.69. The fraction of sp³-hybridized carbons (Fsp3) is 0.111. The van der Waals surface area contributed by atoms with E-state index in [1.807, 2.05) is 60.7 Å². The molecular weight excluding hydrogens is 279 g/mol. The van der Waals surface area contributed by atoms with E-state index in [0.29, 0.717) is 6.61 Å². The van der Waals surface area contributed by atoms with Crippen molar-refractivity contribution in [3.8, 4) is 23.2 Å². The van der Waals surface area contributed by atoms with E-state index >= 15 is 0 Å². The average Bonchev–Trinajstić information content (AvgIpc) is 2.54. The van der Waals surface area contributed by atoms with Gasteiger partial charge in [-0.25, -0.2) is 0 Å². The maximum atomic E-state index is 12.6. The van der Waals surface area contributed by atoms with Crippen LogP contribution in [0.1, 0.15) is 18.1 Å². The first-order chi connectivity index (χ1) is 10.2. The SMILES string of the molecule is CCOP(=O)(C#Cc1ccccc1)C#Cc1ccccc1. The van der Waals surface area contributed by atoms with Crippen LogP contribution in [-0.2, 0) is 9.09 Å². The van der Waals surface area contributed by atoms with Crippen LogP contribution in [0.25, 0.3) is 0 Å². The summed E-state index contributed by atoms with van der Waals surface area (Å²) in [5.74, 6) is 5.73. The maximum Gasteiger partial charge on any atom is 0.346 e. The highest BCUT2D eigenvalue weighted by Gasteiger charge is 2.15. The molecule has 0 N–H and O–H groups in total. The van der Waals surface area contributed by atoms with Gasteiger partial charge in [0, 0.05) is 22.4 Å². The third kappa shape index (κ3) is 4.97. The molecule has 0 atom stereocenters. The molecule has 0 unspecified atom stereocenters. The minimum atomic E-state index is -3.27. The largest absolute Gasteiger partial charge is 0.346 e. The van der Waals surface area contributed by atoms with E-state index in [1.165, 1.54) is 0 Å². The Morgan fingerprint density at radius 1 is 0.857 bits per heavy atom. The smallest absolute Gasteiger partial charge is 0.311 e. The molecule has 0 fully saturated rings. The summed E-state index contributed by atoms with van der Waals surface area (Å²) in [6.07, 6.45) is 0. The van der Waals surface area contributed by atoms with E-state index in [0.717, 1.165) is 11.1 Å². The minimum Gasteiger partial charge on any atom is -0.311 e. The highest BCUT2D eigenvalue weighted by Crippen LogP contribution is 2.44. The Balaban J connectivity index is 2.28. The van der Waals surface area contributed by atoms with Crippen molar-refractivity contribution in [1.29, 1.82) is 0 Å². The van der Waals surface area contributed by atoms with Crippen LogP contribution in [0.5, 0.6) is 0 Å². The second-order valence-corrected chi connectivity index (χ2v) is 5.98. The van der Waals surface area contributed by atoms with Gasteiger partial charge in [0.05, 0.1) is 6.61 Å². The molecule has 0 aromatic heterocycles. The monoisotopic (exact) mass is 294 g/mol. The van der Waals surface area contributed by atoms with Gasteiger partial charge >= 0.3 is 7.37 Å². The van der Waals surface area contributed by atoms with E-state index in [-0.39, 0.29) is 0 Å². The molecule has 0 amide bonds. The van der Waals surface area contributed by atoms with Gasteiger partial charge in [0.1, 0.15) is 0 Å². The molecule has 21 heavy (non-hydrogen) atoms. The van der Waals surface area contributed by atoms with Gasteiger partial charge in [0.2, 0.25) is 0 Å². The van der Waals surface area contributed by atoms with Crippen molar-refractivity contribution in [1.82, 2.24) is 0 Å². The molecule has 0 saturated heterocycles. The predicted molar refractivity (Wildman–Crippen MR) is 85.9 cm³/mol. The van der Waals surface area contributed by atoms with Gasteiger partial charge in [-0.2, -0.15) is 0 Å². The zero-order valence-electron chi connectivity index (χ0n) is 11.7. The summed E-state index contributed by atoms with van der Waals surface area (Å²) < 4.78 is 17.9. The summed E-state index contributed by atoms with van der Waals surface area (Å²) in [4.78, 5) is 0. The van der Waals surface area contributed by atoms with E-state index in [9.17, 15) is 4.57 Å². The molecule has 0 saturated carbocycles. The van der Waals surface area contributed by atoms with Gasteiger partial charge < -0.3 is 4.52 Å². The highest BCUT2D eigenvalue weighted by atomic mass is 31.2. The maximum absolute atomic E-state index is 12.6. The van der Waals surface area contributed by atoms with Crippen molar-refractivity contribution < 1.29 is 9.09 Å². The summed E-state index contributed by atoms with van der Waals surface area (Å²) in [5, 5.41) is 0. The van der Waals surface area contributed by atoms with Gasteiger partial charge in [0.25, 0.3) is 0 Å². The number of rotatable bonds is 2. The van der Waals surface area contributed by atoms with Crippen LogP contribution in [0.4, 0.5) is 0 Å². The number of hydrogen-bond acceptors (Lipinski definition) is 2. The first kappa shape index (κ1) is 15.1. The molecule has 0 heterocycles. The Bertz CT molecular complexity index is 682. The van der Waals surface area contributed by atoms with Gasteiger partial charge in [-0.05, 0) is 31.2 Å². The second kappa shape index (κ2) is 7.51. The molecule has 0 radical (unpaired) electrons. The summed E-state index contributed by atoms with van der Waals surface area (Å²) >= 11 is 0. The van der Waals surface area contributed by atoms with Crippen LogP contribution in [0.15, 0.2) is 60.7 Å². The standard InChI is InChI=1S/C18H15O2P/c1-2-20-21(19,15-13-17-9-5-3-6-10-17)16-14-18-11-7-4-8-12-18/h3-12H,2H2,1H3. The van der Waals surface area contributed by atoms with Crippen molar-refractivity contribution in [2.45, 2.75) is 6.92 Å². The Labute approximate surface area is 125 Å². The lowest BCUT2D eigenvalue weighted by Crippen LogP contribution is -1.85. The molecule has 0 aliphatic carbocycles. The van der Waals surface area contributed by atoms with E-state index < -0.39 is 7.37 Å². The molecule has 0 aliphatic rings. The Hall–Kier alpha value is -2.25. The normalized spacial score (nSPS) is 9.95. The summed E-state index contributed by atoms with van der Waals surface area (Å²) in [6, 6.07) is 18.8. The molecule has 2 aromatic carbocycles. The minimum absolute atomic E-state index is 0.310. The van der Waals surface area contributed by atoms with Crippen LogP contribution in [0.2, 0.25) is 0 Å². The molecule has 2 nitrogen and oxygen atoms in total. The molecule has 3 heteroatoms. The van der Waals surface area contributed by atoms with Crippen molar-refractivity contribution in [2.24, 2.45) is 0 Å². The van der Waals surface area contributed by atoms with Crippen molar-refractivity contribution >= 4 is 7.37 Å². The zero-order chi connectivity index (χ0) is 15.0. The first-order valence-electron chi connectivity index (χ1n) is 6.63. The van der Waals surface area contributed by atoms with Gasteiger partial charge in [0.15, 0.2) is 0 Å². The van der Waals surface area contributed by atoms with E-state index in [2.05, 4.69) is 23.2 Å². The number of hydrogen-bond donors (Lipinski definition) is 0. The van der Waals surface area contributed by atoms with Crippen LogP contribution in [-0.4, -0.2) is 6.61 Å². The van der Waals surface area contributed by atoms with E-state index in [1.54, 1.807) is 6.92 Å². The molecule has 0 bridgehead atoms. The lowest BCUT2D eigenvalue weighted by Gasteiger charge is -2.02. The molecule has 2 rings (SSSR count).